The van der Waals surface area contributed by atoms with E-state index < -0.39 is 6.29 Å². The van der Waals surface area contributed by atoms with Crippen LogP contribution in [-0.2, 0) is 4.79 Å². The predicted octanol–water partition coefficient (Wildman–Crippen LogP) is 4.86. The normalized spacial score (nSPS) is 29.4. The van der Waals surface area contributed by atoms with Crippen LogP contribution < -0.4 is 0 Å². The highest BCUT2D eigenvalue weighted by Gasteiger charge is 2.55. The number of carbonyl (C=O) groups is 1. The van der Waals surface area contributed by atoms with Gasteiger partial charge in [-0.15, -0.1) is 11.3 Å². The number of aliphatic hydroxyl groups excluding tert-OH is 1. The number of hydrogen-bond donors (Lipinski definition) is 3. The number of hydrogen-bond acceptors (Lipinski definition) is 4. The van der Waals surface area contributed by atoms with E-state index in [-0.39, 0.29) is 35.0 Å². The summed E-state index contributed by atoms with van der Waals surface area (Å²) < 4.78 is 13.7. The monoisotopic (exact) mass is 468 g/mol. The summed E-state index contributed by atoms with van der Waals surface area (Å²) in [4.78, 5) is 19.8. The van der Waals surface area contributed by atoms with E-state index in [4.69, 9.17) is 0 Å². The molecule has 7 heteroatoms. The van der Waals surface area contributed by atoms with E-state index in [0.29, 0.717) is 18.3 Å². The summed E-state index contributed by atoms with van der Waals surface area (Å²) in [5.74, 6) is 0.780. The minimum Gasteiger partial charge on any atom is -0.368 e. The Morgan fingerprint density at radius 2 is 2.06 bits per heavy atom. The molecular formula is C26H29FN2O3S. The second kappa shape index (κ2) is 7.93. The summed E-state index contributed by atoms with van der Waals surface area (Å²) in [7, 11) is 0. The summed E-state index contributed by atoms with van der Waals surface area (Å²) in [5, 5.41) is 21.0. The molecule has 4 bridgehead atoms. The van der Waals surface area contributed by atoms with Crippen LogP contribution in [0.25, 0.3) is 21.3 Å². The van der Waals surface area contributed by atoms with Gasteiger partial charge < -0.3 is 20.1 Å². The molecule has 2 saturated carbocycles. The largest absolute Gasteiger partial charge is 0.368 e. The van der Waals surface area contributed by atoms with Gasteiger partial charge in [0.2, 0.25) is 5.91 Å². The molecule has 2 saturated heterocycles. The first-order valence-corrected chi connectivity index (χ1v) is 12.8. The van der Waals surface area contributed by atoms with Crippen LogP contribution >= 0.6 is 11.3 Å². The molecule has 6 atom stereocenters. The highest BCUT2D eigenvalue weighted by atomic mass is 32.1. The predicted molar refractivity (Wildman–Crippen MR) is 126 cm³/mol. The zero-order valence-electron chi connectivity index (χ0n) is 18.6. The number of H-pyrrole nitrogens is 1. The molecule has 2 aromatic heterocycles. The summed E-state index contributed by atoms with van der Waals surface area (Å²) in [5.41, 5.74) is 3.02. The molecule has 5 nitrogen and oxygen atoms in total. The van der Waals surface area contributed by atoms with Crippen molar-refractivity contribution in [2.45, 2.75) is 63.3 Å². The van der Waals surface area contributed by atoms with Crippen molar-refractivity contribution in [3.05, 3.63) is 47.2 Å². The van der Waals surface area contributed by atoms with Crippen molar-refractivity contribution in [3.63, 3.8) is 0 Å². The first-order chi connectivity index (χ1) is 15.9. The fourth-order valence-electron chi connectivity index (χ4n) is 7.14. The molecule has 4 aliphatic rings. The van der Waals surface area contributed by atoms with Gasteiger partial charge in [-0.25, -0.2) is 0 Å². The van der Waals surface area contributed by atoms with E-state index in [9.17, 15) is 19.4 Å². The Morgan fingerprint density at radius 3 is 2.82 bits per heavy atom. The number of fused-ring (bicyclic) bond motifs is 1. The third kappa shape index (κ3) is 3.44. The molecule has 3 aromatic rings. The third-order valence-corrected chi connectivity index (χ3v) is 9.26. The number of piperidine rings is 2. The minimum absolute atomic E-state index is 0.0214. The molecule has 0 radical (unpaired) electrons. The van der Waals surface area contributed by atoms with Crippen LogP contribution in [0.2, 0.25) is 0 Å². The van der Waals surface area contributed by atoms with Gasteiger partial charge >= 0.3 is 0 Å². The number of aromatic nitrogens is 1. The van der Waals surface area contributed by atoms with Crippen molar-refractivity contribution < 1.29 is 19.4 Å². The summed E-state index contributed by atoms with van der Waals surface area (Å²) in [6, 6.07) is 9.45. The number of nitrogens with zero attached hydrogens (tertiary/aromatic N) is 1. The number of benzene rings is 1. The number of aliphatic hydroxyl groups is 2. The molecule has 2 aliphatic carbocycles. The standard InChI is InChI=1S/C26H29FN2O3S/c1-13(18-12-28-19-4-2-3-17(25(18)19)21-5-6-22(27)33-21)7-23(30)29-16-9-14-8-15(11-16)24(26(31)32)20(29)10-14/h2-6,12-16,20,24,26,28,31-32H,7-11H2,1H3. The summed E-state index contributed by atoms with van der Waals surface area (Å²) in [6.07, 6.45) is 4.86. The fraction of sp³-hybridized carbons (Fsp3) is 0.500. The van der Waals surface area contributed by atoms with Gasteiger partial charge in [-0.2, -0.15) is 4.39 Å². The van der Waals surface area contributed by atoms with Crippen LogP contribution in [0.5, 0.6) is 0 Å². The van der Waals surface area contributed by atoms with Crippen molar-refractivity contribution in [2.75, 3.05) is 0 Å². The van der Waals surface area contributed by atoms with E-state index in [2.05, 4.69) is 11.9 Å². The topological polar surface area (TPSA) is 76.6 Å². The van der Waals surface area contributed by atoms with Gasteiger partial charge in [0, 0.05) is 52.0 Å². The van der Waals surface area contributed by atoms with Gasteiger partial charge in [0.1, 0.15) is 0 Å². The lowest BCUT2D eigenvalue weighted by atomic mass is 9.58. The Labute approximate surface area is 196 Å². The maximum Gasteiger partial charge on any atom is 0.223 e. The van der Waals surface area contributed by atoms with Crippen LogP contribution in [0.4, 0.5) is 4.39 Å². The average molecular weight is 469 g/mol. The molecule has 1 aromatic carbocycles. The van der Waals surface area contributed by atoms with E-state index >= 15 is 0 Å². The van der Waals surface area contributed by atoms with E-state index in [1.165, 1.54) is 6.07 Å². The average Bonchev–Trinajstić information content (AvgIpc) is 3.39. The summed E-state index contributed by atoms with van der Waals surface area (Å²) >= 11 is 1.13. The molecule has 4 heterocycles. The Kier molecular flexibility index (Phi) is 5.12. The van der Waals surface area contributed by atoms with Crippen LogP contribution in [0.1, 0.15) is 50.5 Å². The Morgan fingerprint density at radius 1 is 1.21 bits per heavy atom. The molecule has 4 fully saturated rings. The lowest BCUT2D eigenvalue weighted by Gasteiger charge is -2.60. The number of rotatable bonds is 5. The number of amides is 1. The van der Waals surface area contributed by atoms with Gasteiger partial charge in [0.15, 0.2) is 11.4 Å². The summed E-state index contributed by atoms with van der Waals surface area (Å²) in [6.45, 7) is 2.07. The van der Waals surface area contributed by atoms with Gasteiger partial charge in [0.05, 0.1) is 0 Å². The molecule has 2 aliphatic heterocycles. The lowest BCUT2D eigenvalue weighted by Crippen LogP contribution is -2.66. The maximum atomic E-state index is 13.7. The molecule has 3 N–H and O–H groups in total. The van der Waals surface area contributed by atoms with Crippen molar-refractivity contribution in [3.8, 4) is 10.4 Å². The number of nitrogens with one attached hydrogen (secondary N) is 1. The van der Waals surface area contributed by atoms with Crippen molar-refractivity contribution in [1.82, 2.24) is 9.88 Å². The van der Waals surface area contributed by atoms with Crippen molar-refractivity contribution in [1.29, 1.82) is 0 Å². The molecule has 1 amide bonds. The highest BCUT2D eigenvalue weighted by Crippen LogP contribution is 2.53. The van der Waals surface area contributed by atoms with E-state index in [1.54, 1.807) is 0 Å². The number of thiophene rings is 1. The zero-order valence-corrected chi connectivity index (χ0v) is 19.4. The third-order valence-electron chi connectivity index (χ3n) is 8.35. The first-order valence-electron chi connectivity index (χ1n) is 11.9. The number of carbonyl (C=O) groups excluding carboxylic acids is 1. The minimum atomic E-state index is -1.37. The fourth-order valence-corrected chi connectivity index (χ4v) is 7.90. The Hall–Kier alpha value is -2.22. The molecule has 6 unspecified atom stereocenters. The van der Waals surface area contributed by atoms with Crippen LogP contribution in [0.15, 0.2) is 36.5 Å². The number of aromatic amines is 1. The van der Waals surface area contributed by atoms with E-state index in [1.807, 2.05) is 35.4 Å². The van der Waals surface area contributed by atoms with Gasteiger partial charge in [-0.1, -0.05) is 19.1 Å². The van der Waals surface area contributed by atoms with Crippen LogP contribution in [0, 0.1) is 22.9 Å². The second-order valence-corrected chi connectivity index (χ2v) is 11.3. The molecule has 7 rings (SSSR count). The number of halogens is 1. The van der Waals surface area contributed by atoms with Crippen LogP contribution in [-0.4, -0.2) is 44.4 Å². The second-order valence-electron chi connectivity index (χ2n) is 10.3. The Bertz CT molecular complexity index is 1200. The van der Waals surface area contributed by atoms with Gasteiger partial charge in [0.25, 0.3) is 0 Å². The highest BCUT2D eigenvalue weighted by molar-refractivity contribution is 7.14. The van der Waals surface area contributed by atoms with Crippen molar-refractivity contribution >= 4 is 28.1 Å². The quantitative estimate of drug-likeness (QED) is 0.468. The molecule has 0 spiro atoms. The lowest BCUT2D eigenvalue weighted by molar-refractivity contribution is -0.196. The van der Waals surface area contributed by atoms with Crippen molar-refractivity contribution in [2.24, 2.45) is 17.8 Å². The zero-order chi connectivity index (χ0) is 22.9. The Balaban J connectivity index is 1.29. The van der Waals surface area contributed by atoms with Crippen LogP contribution in [0.3, 0.4) is 0 Å². The smallest absolute Gasteiger partial charge is 0.223 e. The molecular weight excluding hydrogens is 439 g/mol. The van der Waals surface area contributed by atoms with Gasteiger partial charge in [-0.3, -0.25) is 4.79 Å². The first kappa shape index (κ1) is 21.3. The van der Waals surface area contributed by atoms with E-state index in [0.717, 1.165) is 63.9 Å². The SMILES string of the molecule is CC(CC(=O)N1C2CC3CC(C2)C(C(O)O)C1C3)c1c[nH]c2cccc(-c3ccc(F)s3)c12. The molecule has 33 heavy (non-hydrogen) atoms. The van der Waals surface area contributed by atoms with Gasteiger partial charge in [-0.05, 0) is 67.2 Å². The molecule has 174 valence electrons. The maximum absolute atomic E-state index is 13.7.